The maximum absolute atomic E-state index is 14.2. The predicted molar refractivity (Wildman–Crippen MR) is 148 cm³/mol. The minimum atomic E-state index is -4.38. The van der Waals surface area contributed by atoms with Crippen molar-refractivity contribution in [1.82, 2.24) is 10.6 Å². The number of nitrogens with one attached hydrogen (secondary N) is 2. The highest BCUT2D eigenvalue weighted by atomic mass is 19.4. The molecule has 2 amide bonds. The van der Waals surface area contributed by atoms with Crippen LogP contribution in [0.15, 0.2) is 36.4 Å². The average molecular weight is 557 g/mol. The molecular formula is C33H43F3N2O2. The predicted octanol–water partition coefficient (Wildman–Crippen LogP) is 7.14. The van der Waals surface area contributed by atoms with Crippen LogP contribution in [0.2, 0.25) is 0 Å². The highest BCUT2D eigenvalue weighted by molar-refractivity contribution is 5.89. The molecule has 1 heterocycles. The molecule has 8 atom stereocenters. The van der Waals surface area contributed by atoms with Crippen LogP contribution in [0.3, 0.4) is 0 Å². The summed E-state index contributed by atoms with van der Waals surface area (Å²) in [6, 6.07) is 5.66. The van der Waals surface area contributed by atoms with E-state index < -0.39 is 17.3 Å². The molecule has 1 aliphatic heterocycles. The van der Waals surface area contributed by atoms with Gasteiger partial charge in [-0.15, -0.1) is 0 Å². The summed E-state index contributed by atoms with van der Waals surface area (Å²) in [5.41, 5.74) is -0.744. The molecule has 4 fully saturated rings. The fourth-order valence-corrected chi connectivity index (χ4v) is 10.2. The van der Waals surface area contributed by atoms with Crippen molar-refractivity contribution in [3.05, 3.63) is 47.5 Å². The van der Waals surface area contributed by atoms with E-state index in [2.05, 4.69) is 44.4 Å². The van der Waals surface area contributed by atoms with Gasteiger partial charge in [0.05, 0.1) is 11.1 Å². The van der Waals surface area contributed by atoms with E-state index in [1.165, 1.54) is 0 Å². The Labute approximate surface area is 235 Å². The lowest BCUT2D eigenvalue weighted by Crippen LogP contribution is -2.59. The zero-order valence-corrected chi connectivity index (χ0v) is 24.2. The fourth-order valence-electron chi connectivity index (χ4n) is 10.2. The zero-order chi connectivity index (χ0) is 28.7. The van der Waals surface area contributed by atoms with Crippen LogP contribution in [-0.4, -0.2) is 17.9 Å². The molecule has 6 rings (SSSR count). The number of fused-ring (bicyclic) bond motifs is 5. The molecule has 7 heteroatoms. The quantitative estimate of drug-likeness (QED) is 0.405. The first-order valence-corrected chi connectivity index (χ1v) is 15.3. The lowest BCUT2D eigenvalue weighted by Gasteiger charge is -2.58. The van der Waals surface area contributed by atoms with E-state index in [0.717, 1.165) is 75.5 Å². The first kappa shape index (κ1) is 27.8. The average Bonchev–Trinajstić information content (AvgIpc) is 3.43. The van der Waals surface area contributed by atoms with E-state index in [1.807, 2.05) is 0 Å². The van der Waals surface area contributed by atoms with E-state index >= 15 is 0 Å². The molecule has 0 spiro atoms. The molecule has 5 aliphatic rings. The van der Waals surface area contributed by atoms with Crippen molar-refractivity contribution in [3.63, 3.8) is 0 Å². The molecule has 3 unspecified atom stereocenters. The third-order valence-corrected chi connectivity index (χ3v) is 12.8. The highest BCUT2D eigenvalue weighted by Crippen LogP contribution is 2.68. The van der Waals surface area contributed by atoms with Crippen LogP contribution in [0.25, 0.3) is 0 Å². The minimum Gasteiger partial charge on any atom is -0.349 e. The smallest absolute Gasteiger partial charge is 0.349 e. The summed E-state index contributed by atoms with van der Waals surface area (Å²) < 4.78 is 39.9. The number of rotatable bonds is 5. The van der Waals surface area contributed by atoms with Crippen LogP contribution in [0.4, 0.5) is 13.2 Å². The topological polar surface area (TPSA) is 58.2 Å². The van der Waals surface area contributed by atoms with Gasteiger partial charge >= 0.3 is 6.18 Å². The van der Waals surface area contributed by atoms with E-state index in [9.17, 15) is 22.8 Å². The third kappa shape index (κ3) is 3.84. The lowest BCUT2D eigenvalue weighted by molar-refractivity contribution is -0.138. The monoisotopic (exact) mass is 556 g/mol. The fraction of sp³-hybridized carbons (Fsp3) is 0.697. The van der Waals surface area contributed by atoms with E-state index in [0.29, 0.717) is 17.8 Å². The number of hydrogen-bond acceptors (Lipinski definition) is 2. The van der Waals surface area contributed by atoms with Gasteiger partial charge in [-0.05, 0) is 110 Å². The second-order valence-electron chi connectivity index (χ2n) is 14.0. The minimum absolute atomic E-state index is 0.0106. The van der Waals surface area contributed by atoms with E-state index in [1.54, 1.807) is 18.2 Å². The molecule has 4 aliphatic carbocycles. The Balaban J connectivity index is 1.25. The van der Waals surface area contributed by atoms with Crippen molar-refractivity contribution in [2.45, 2.75) is 103 Å². The molecule has 1 aromatic rings. The van der Waals surface area contributed by atoms with E-state index in [4.69, 9.17) is 0 Å². The number of benzene rings is 1. The highest BCUT2D eigenvalue weighted by Gasteiger charge is 2.68. The Morgan fingerprint density at radius 2 is 1.70 bits per heavy atom. The molecular weight excluding hydrogens is 513 g/mol. The summed E-state index contributed by atoms with van der Waals surface area (Å²) in [4.78, 5) is 26.3. The molecule has 40 heavy (non-hydrogen) atoms. The van der Waals surface area contributed by atoms with Gasteiger partial charge in [-0.25, -0.2) is 0 Å². The molecule has 0 bridgehead atoms. The van der Waals surface area contributed by atoms with Gasteiger partial charge in [-0.1, -0.05) is 45.9 Å². The van der Waals surface area contributed by atoms with E-state index in [-0.39, 0.29) is 40.0 Å². The molecule has 0 saturated heterocycles. The number of amides is 2. The summed E-state index contributed by atoms with van der Waals surface area (Å²) in [6.45, 7) is 8.87. The van der Waals surface area contributed by atoms with Gasteiger partial charge in [0.1, 0.15) is 0 Å². The molecule has 0 radical (unpaired) electrons. The second-order valence-corrected chi connectivity index (χ2v) is 14.0. The van der Waals surface area contributed by atoms with Crippen LogP contribution < -0.4 is 10.6 Å². The molecule has 1 aromatic carbocycles. The third-order valence-electron chi connectivity index (χ3n) is 12.8. The van der Waals surface area contributed by atoms with Crippen LogP contribution in [-0.2, 0) is 21.3 Å². The van der Waals surface area contributed by atoms with Crippen molar-refractivity contribution >= 4 is 11.8 Å². The van der Waals surface area contributed by atoms with Crippen molar-refractivity contribution in [2.75, 3.05) is 0 Å². The summed E-state index contributed by atoms with van der Waals surface area (Å²) in [5, 5.41) is 6.70. The largest absolute Gasteiger partial charge is 0.416 e. The number of alkyl halides is 3. The van der Waals surface area contributed by atoms with Gasteiger partial charge < -0.3 is 10.6 Å². The van der Waals surface area contributed by atoms with Crippen LogP contribution in [0.5, 0.6) is 0 Å². The maximum Gasteiger partial charge on any atom is 0.416 e. The van der Waals surface area contributed by atoms with Crippen LogP contribution in [0, 0.1) is 39.9 Å². The van der Waals surface area contributed by atoms with Gasteiger partial charge in [-0.2, -0.15) is 13.2 Å². The van der Waals surface area contributed by atoms with Crippen LogP contribution in [0.1, 0.15) is 96.6 Å². The standard InChI is InChI=1S/C33H43F3N2O2/c1-5-31(6-2)19-32(31,20-7-9-21(10-8-20)33(34,35)36)38-28(40)25-13-12-23-22-11-14-26-30(4,18-16-27(39)37-26)24(22)15-17-29(23,25)3/h7-10,16,18,22-26H,5-6,11-15,17,19H2,1-4H3,(H,37,39)(H,38,40)/t22-,23-,24+,25?,26?,29-,30+,32?/m0/s1. The maximum atomic E-state index is 14.2. The Hall–Kier alpha value is -2.31. The lowest BCUT2D eigenvalue weighted by atomic mass is 9.48. The summed E-state index contributed by atoms with van der Waals surface area (Å²) in [5.74, 6) is 1.50. The molecule has 0 aromatic heterocycles. The van der Waals surface area contributed by atoms with Gasteiger partial charge in [0.2, 0.25) is 11.8 Å². The first-order valence-electron chi connectivity index (χ1n) is 15.3. The van der Waals surface area contributed by atoms with Crippen LogP contribution >= 0.6 is 0 Å². The first-order chi connectivity index (χ1) is 18.8. The van der Waals surface area contributed by atoms with Gasteiger partial charge in [0.15, 0.2) is 0 Å². The summed E-state index contributed by atoms with van der Waals surface area (Å²) >= 11 is 0. The Kier molecular flexibility index (Phi) is 6.33. The summed E-state index contributed by atoms with van der Waals surface area (Å²) in [7, 11) is 0. The number of carbonyl (C=O) groups is 2. The Bertz CT molecular complexity index is 1220. The molecule has 4 saturated carbocycles. The molecule has 4 nitrogen and oxygen atoms in total. The Morgan fingerprint density at radius 3 is 2.33 bits per heavy atom. The SMILES string of the molecule is CCC1(CC)CC1(NC(=O)C1CC[C@H]2[C@@H]3CCC4NC(=O)C=C[C@]4(C)[C@@H]3CC[C@]12C)c1ccc(C(F)(F)F)cc1. The number of halogens is 3. The van der Waals surface area contributed by atoms with Crippen molar-refractivity contribution in [3.8, 4) is 0 Å². The number of carbonyl (C=O) groups excluding carboxylic acids is 2. The van der Waals surface area contributed by atoms with Crippen molar-refractivity contribution in [1.29, 1.82) is 0 Å². The van der Waals surface area contributed by atoms with Crippen molar-refractivity contribution < 1.29 is 22.8 Å². The molecule has 2 N–H and O–H groups in total. The Morgan fingerprint density at radius 1 is 1.00 bits per heavy atom. The zero-order valence-electron chi connectivity index (χ0n) is 24.2. The molecule has 218 valence electrons. The van der Waals surface area contributed by atoms with Crippen molar-refractivity contribution in [2.24, 2.45) is 39.9 Å². The number of hydrogen-bond donors (Lipinski definition) is 2. The second kappa shape index (κ2) is 9.09. The summed E-state index contributed by atoms with van der Waals surface area (Å²) in [6.07, 6.45) is 7.96. The normalized spacial score (nSPS) is 41.4. The van der Waals surface area contributed by atoms with Gasteiger partial charge in [-0.3, -0.25) is 9.59 Å². The van der Waals surface area contributed by atoms with Gasteiger partial charge in [0.25, 0.3) is 0 Å². The van der Waals surface area contributed by atoms with Gasteiger partial charge in [0, 0.05) is 17.4 Å².